The van der Waals surface area contributed by atoms with Gasteiger partial charge in [-0.15, -0.1) is 12.6 Å². The fraction of sp³-hybridized carbons (Fsp3) is 0.364. The van der Waals surface area contributed by atoms with Crippen molar-refractivity contribution in [2.75, 3.05) is 0 Å². The highest BCUT2D eigenvalue weighted by atomic mass is 32.1. The van der Waals surface area contributed by atoms with Crippen LogP contribution in [0.15, 0.2) is 18.2 Å². The maximum absolute atomic E-state index is 4.43. The first-order valence-corrected chi connectivity index (χ1v) is 4.93. The lowest BCUT2D eigenvalue weighted by atomic mass is 10.2. The molecule has 1 nitrogen and oxygen atoms in total. The van der Waals surface area contributed by atoms with Crippen LogP contribution in [0.1, 0.15) is 30.3 Å². The minimum Gasteiger partial charge on any atom is -0.258 e. The summed E-state index contributed by atoms with van der Waals surface area (Å²) < 4.78 is 0. The van der Waals surface area contributed by atoms with Crippen LogP contribution in [0.3, 0.4) is 0 Å². The second-order valence-electron chi connectivity index (χ2n) is 3.14. The largest absolute Gasteiger partial charge is 0.258 e. The lowest BCUT2D eigenvalue weighted by Crippen LogP contribution is -1.88. The maximum Gasteiger partial charge on any atom is 0.0382 e. The van der Waals surface area contributed by atoms with E-state index < -0.39 is 0 Å². The van der Waals surface area contributed by atoms with Gasteiger partial charge in [-0.25, -0.2) is 0 Å². The second kappa shape index (κ2) is 4.47. The summed E-state index contributed by atoms with van der Waals surface area (Å²) in [6.07, 6.45) is 3.12. The zero-order valence-electron chi connectivity index (χ0n) is 8.33. The highest BCUT2D eigenvalue weighted by Crippen LogP contribution is 2.19. The van der Waals surface area contributed by atoms with Crippen molar-refractivity contribution in [1.29, 1.82) is 0 Å². The highest BCUT2D eigenvalue weighted by molar-refractivity contribution is 7.90. The minimum atomic E-state index is 1.01. The molecule has 0 N–H and O–H groups in total. The molecule has 0 atom stereocenters. The fourth-order valence-corrected chi connectivity index (χ4v) is 1.61. The third kappa shape index (κ3) is 2.88. The molecule has 0 saturated heterocycles. The SMILES string of the molecule is CC/C=C(\S)c1cc(C)nc(C)c1. The number of aryl methyl sites for hydroxylation is 2. The summed E-state index contributed by atoms with van der Waals surface area (Å²) in [7, 11) is 0. The Morgan fingerprint density at radius 1 is 1.38 bits per heavy atom. The van der Waals surface area contributed by atoms with Crippen molar-refractivity contribution in [3.05, 3.63) is 35.2 Å². The van der Waals surface area contributed by atoms with Gasteiger partial charge < -0.3 is 0 Å². The van der Waals surface area contributed by atoms with Crippen molar-refractivity contribution in [2.45, 2.75) is 27.2 Å². The molecular formula is C11H15NS. The normalized spacial score (nSPS) is 11.8. The van der Waals surface area contributed by atoms with Crippen LogP contribution >= 0.6 is 12.6 Å². The smallest absolute Gasteiger partial charge is 0.0382 e. The number of aromatic nitrogens is 1. The van der Waals surface area contributed by atoms with Crippen LogP contribution in [0.25, 0.3) is 4.91 Å². The van der Waals surface area contributed by atoms with Crippen LogP contribution in [-0.4, -0.2) is 4.98 Å². The predicted molar refractivity (Wildman–Crippen MR) is 61.0 cm³/mol. The summed E-state index contributed by atoms with van der Waals surface area (Å²) in [6.45, 7) is 6.12. The van der Waals surface area contributed by atoms with E-state index in [0.29, 0.717) is 0 Å². The topological polar surface area (TPSA) is 12.9 Å². The standard InChI is InChI=1S/C11H15NS/c1-4-5-11(13)10-6-8(2)12-9(3)7-10/h5-7,13H,4H2,1-3H3/b11-5-. The zero-order chi connectivity index (χ0) is 9.84. The Kier molecular flexibility index (Phi) is 3.55. The molecule has 0 unspecified atom stereocenters. The van der Waals surface area contributed by atoms with Crippen LogP contribution in [0.2, 0.25) is 0 Å². The monoisotopic (exact) mass is 193 g/mol. The number of thiol groups is 1. The van der Waals surface area contributed by atoms with Crippen molar-refractivity contribution in [3.63, 3.8) is 0 Å². The van der Waals surface area contributed by atoms with Crippen molar-refractivity contribution in [3.8, 4) is 0 Å². The molecule has 2 heteroatoms. The first kappa shape index (κ1) is 10.3. The first-order chi connectivity index (χ1) is 6.13. The van der Waals surface area contributed by atoms with Crippen molar-refractivity contribution in [1.82, 2.24) is 4.98 Å². The molecule has 13 heavy (non-hydrogen) atoms. The Bertz CT molecular complexity index is 309. The zero-order valence-corrected chi connectivity index (χ0v) is 9.23. The van der Waals surface area contributed by atoms with E-state index in [4.69, 9.17) is 0 Å². The van der Waals surface area contributed by atoms with Crippen LogP contribution in [0, 0.1) is 13.8 Å². The molecular weight excluding hydrogens is 178 g/mol. The molecule has 0 bridgehead atoms. The molecule has 0 aliphatic rings. The van der Waals surface area contributed by atoms with Gasteiger partial charge in [0.25, 0.3) is 0 Å². The molecule has 1 heterocycles. The molecule has 0 aromatic carbocycles. The van der Waals surface area contributed by atoms with E-state index in [1.807, 2.05) is 13.8 Å². The number of allylic oxidation sites excluding steroid dienone is 1. The summed E-state index contributed by atoms with van der Waals surface area (Å²) in [5.74, 6) is 0. The number of pyridine rings is 1. The molecule has 0 radical (unpaired) electrons. The minimum absolute atomic E-state index is 1.01. The van der Waals surface area contributed by atoms with Gasteiger partial charge in [0.15, 0.2) is 0 Å². The van der Waals surface area contributed by atoms with Gasteiger partial charge in [0.2, 0.25) is 0 Å². The molecule has 0 aliphatic carbocycles. The number of rotatable bonds is 2. The molecule has 70 valence electrons. The Balaban J connectivity index is 3.08. The quantitative estimate of drug-likeness (QED) is 0.710. The van der Waals surface area contributed by atoms with E-state index in [-0.39, 0.29) is 0 Å². The van der Waals surface area contributed by atoms with E-state index in [9.17, 15) is 0 Å². The van der Waals surface area contributed by atoms with Crippen LogP contribution in [-0.2, 0) is 0 Å². The van der Waals surface area contributed by atoms with Gasteiger partial charge in [-0.2, -0.15) is 0 Å². The molecule has 0 amide bonds. The fourth-order valence-electron chi connectivity index (χ4n) is 1.29. The van der Waals surface area contributed by atoms with Crippen molar-refractivity contribution in [2.24, 2.45) is 0 Å². The molecule has 1 aromatic rings. The van der Waals surface area contributed by atoms with Crippen LogP contribution in [0.5, 0.6) is 0 Å². The van der Waals surface area contributed by atoms with Crippen molar-refractivity contribution >= 4 is 17.5 Å². The van der Waals surface area contributed by atoms with E-state index in [1.165, 1.54) is 0 Å². The van der Waals surface area contributed by atoms with Gasteiger partial charge in [0.1, 0.15) is 0 Å². The summed E-state index contributed by atoms with van der Waals surface area (Å²) in [4.78, 5) is 5.35. The number of nitrogens with zero attached hydrogens (tertiary/aromatic N) is 1. The highest BCUT2D eigenvalue weighted by Gasteiger charge is 1.98. The molecule has 0 fully saturated rings. The Morgan fingerprint density at radius 3 is 2.38 bits per heavy atom. The van der Waals surface area contributed by atoms with Gasteiger partial charge in [0.05, 0.1) is 0 Å². The molecule has 1 aromatic heterocycles. The summed E-state index contributed by atoms with van der Waals surface area (Å²) in [5, 5.41) is 0. The van der Waals surface area contributed by atoms with Gasteiger partial charge in [-0.3, -0.25) is 4.98 Å². The Labute approximate surface area is 85.3 Å². The van der Waals surface area contributed by atoms with E-state index in [0.717, 1.165) is 28.3 Å². The maximum atomic E-state index is 4.43. The van der Waals surface area contributed by atoms with Gasteiger partial charge in [0, 0.05) is 16.3 Å². The first-order valence-electron chi connectivity index (χ1n) is 4.48. The average Bonchev–Trinajstić information content (AvgIpc) is 2.03. The van der Waals surface area contributed by atoms with Crippen LogP contribution < -0.4 is 0 Å². The summed E-state index contributed by atoms with van der Waals surface area (Å²) >= 11 is 4.43. The average molecular weight is 193 g/mol. The van der Waals surface area contributed by atoms with Crippen molar-refractivity contribution < 1.29 is 0 Å². The second-order valence-corrected chi connectivity index (χ2v) is 3.62. The molecule has 0 aliphatic heterocycles. The summed E-state index contributed by atoms with van der Waals surface area (Å²) in [5.41, 5.74) is 3.26. The lowest BCUT2D eigenvalue weighted by molar-refractivity contribution is 1.12. The lowest BCUT2D eigenvalue weighted by Gasteiger charge is -2.03. The number of hydrogen-bond donors (Lipinski definition) is 1. The van der Waals surface area contributed by atoms with Gasteiger partial charge >= 0.3 is 0 Å². The Morgan fingerprint density at radius 2 is 1.92 bits per heavy atom. The van der Waals surface area contributed by atoms with Gasteiger partial charge in [-0.1, -0.05) is 13.0 Å². The molecule has 0 saturated carbocycles. The molecule has 1 rings (SSSR count). The van der Waals surface area contributed by atoms with Crippen LogP contribution in [0.4, 0.5) is 0 Å². The van der Waals surface area contributed by atoms with E-state index in [2.05, 4.69) is 42.7 Å². The predicted octanol–water partition coefficient (Wildman–Crippen LogP) is 3.38. The van der Waals surface area contributed by atoms with E-state index in [1.54, 1.807) is 0 Å². The molecule has 0 spiro atoms. The third-order valence-electron chi connectivity index (χ3n) is 1.77. The summed E-state index contributed by atoms with van der Waals surface area (Å²) in [6, 6.07) is 4.11. The Hall–Kier alpha value is -0.760. The van der Waals surface area contributed by atoms with E-state index >= 15 is 0 Å². The van der Waals surface area contributed by atoms with Gasteiger partial charge in [-0.05, 0) is 38.0 Å². The third-order valence-corrected chi connectivity index (χ3v) is 2.22. The number of hydrogen-bond acceptors (Lipinski definition) is 2.